The predicted octanol–water partition coefficient (Wildman–Crippen LogP) is 3.37. The van der Waals surface area contributed by atoms with Gasteiger partial charge < -0.3 is 14.2 Å². The number of amides is 2. The molecule has 0 aliphatic carbocycles. The Morgan fingerprint density at radius 3 is 2.44 bits per heavy atom. The first-order valence-corrected chi connectivity index (χ1v) is 9.89. The maximum atomic E-state index is 13.1. The van der Waals surface area contributed by atoms with E-state index in [1.807, 2.05) is 11.0 Å². The molecule has 27 heavy (non-hydrogen) atoms. The van der Waals surface area contributed by atoms with Crippen LogP contribution in [0.2, 0.25) is 0 Å². The summed E-state index contributed by atoms with van der Waals surface area (Å²) in [5, 5.41) is 0. The Balaban J connectivity index is 1.34. The number of carbonyl (C=O) groups is 2. The first-order chi connectivity index (χ1) is 13.2. The van der Waals surface area contributed by atoms with E-state index < -0.39 is 0 Å². The number of piperidine rings is 1. The van der Waals surface area contributed by atoms with Gasteiger partial charge in [0.25, 0.3) is 5.91 Å². The number of nitrogens with zero attached hydrogens (tertiary/aromatic N) is 2. The lowest BCUT2D eigenvalue weighted by Crippen LogP contribution is -2.50. The van der Waals surface area contributed by atoms with Crippen LogP contribution in [0.4, 0.5) is 0 Å². The largest absolute Gasteiger partial charge is 0.459 e. The molecular weight excluding hydrogens is 340 g/mol. The maximum absolute atomic E-state index is 13.1. The van der Waals surface area contributed by atoms with E-state index in [0.29, 0.717) is 18.2 Å². The molecule has 2 aliphatic heterocycles. The molecule has 2 saturated heterocycles. The molecule has 142 valence electrons. The van der Waals surface area contributed by atoms with Crippen molar-refractivity contribution in [2.24, 2.45) is 5.92 Å². The van der Waals surface area contributed by atoms with Crippen molar-refractivity contribution in [3.63, 3.8) is 0 Å². The third-order valence-corrected chi connectivity index (χ3v) is 5.82. The van der Waals surface area contributed by atoms with Gasteiger partial charge in [-0.25, -0.2) is 0 Å². The van der Waals surface area contributed by atoms with Crippen LogP contribution in [-0.2, 0) is 11.2 Å². The smallest absolute Gasteiger partial charge is 0.290 e. The number of benzene rings is 1. The van der Waals surface area contributed by atoms with Crippen LogP contribution >= 0.6 is 0 Å². The summed E-state index contributed by atoms with van der Waals surface area (Å²) in [6.07, 6.45) is 6.24. The molecule has 5 nitrogen and oxygen atoms in total. The van der Waals surface area contributed by atoms with E-state index in [9.17, 15) is 9.59 Å². The topological polar surface area (TPSA) is 53.8 Å². The van der Waals surface area contributed by atoms with Crippen molar-refractivity contribution in [1.29, 1.82) is 0 Å². The molecule has 1 unspecified atom stereocenters. The summed E-state index contributed by atoms with van der Waals surface area (Å²) in [6.45, 7) is 2.20. The Kier molecular flexibility index (Phi) is 5.28. The molecule has 0 bridgehead atoms. The Bertz CT molecular complexity index is 764. The number of likely N-dealkylation sites (tertiary alicyclic amines) is 2. The minimum Gasteiger partial charge on any atom is -0.459 e. The molecule has 1 atom stereocenters. The van der Waals surface area contributed by atoms with E-state index in [1.54, 1.807) is 17.0 Å². The Morgan fingerprint density at radius 1 is 0.963 bits per heavy atom. The van der Waals surface area contributed by atoms with Gasteiger partial charge in [-0.1, -0.05) is 30.3 Å². The van der Waals surface area contributed by atoms with E-state index >= 15 is 0 Å². The predicted molar refractivity (Wildman–Crippen MR) is 102 cm³/mol. The van der Waals surface area contributed by atoms with Crippen molar-refractivity contribution >= 4 is 11.8 Å². The lowest BCUT2D eigenvalue weighted by Gasteiger charge is -2.35. The molecule has 0 N–H and O–H groups in total. The molecule has 2 aromatic rings. The van der Waals surface area contributed by atoms with Crippen molar-refractivity contribution in [1.82, 2.24) is 9.80 Å². The minimum atomic E-state index is -0.340. The van der Waals surface area contributed by atoms with Crippen molar-refractivity contribution in [2.75, 3.05) is 19.6 Å². The van der Waals surface area contributed by atoms with Gasteiger partial charge >= 0.3 is 0 Å². The molecule has 3 heterocycles. The molecule has 4 rings (SSSR count). The molecule has 1 aromatic carbocycles. The molecule has 5 heteroatoms. The zero-order valence-electron chi connectivity index (χ0n) is 15.5. The highest BCUT2D eigenvalue weighted by Gasteiger charge is 2.38. The van der Waals surface area contributed by atoms with Gasteiger partial charge in [-0.05, 0) is 55.7 Å². The van der Waals surface area contributed by atoms with Crippen LogP contribution in [0.3, 0.4) is 0 Å². The third-order valence-electron chi connectivity index (χ3n) is 5.82. The summed E-state index contributed by atoms with van der Waals surface area (Å²) in [7, 11) is 0. The molecule has 2 amide bonds. The molecule has 0 saturated carbocycles. The standard InChI is InChI=1S/C22H26N2O3/c25-21(19-8-4-12-24(19)22(26)20-9-5-15-27-20)23-13-10-18(11-14-23)16-17-6-2-1-3-7-17/h1-3,5-7,9,15,18-19H,4,8,10-14,16H2. The highest BCUT2D eigenvalue weighted by atomic mass is 16.3. The molecule has 2 aliphatic rings. The highest BCUT2D eigenvalue weighted by molar-refractivity contribution is 5.96. The number of rotatable bonds is 4. The zero-order chi connectivity index (χ0) is 18.6. The number of hydrogen-bond acceptors (Lipinski definition) is 3. The highest BCUT2D eigenvalue weighted by Crippen LogP contribution is 2.26. The van der Waals surface area contributed by atoms with Crippen molar-refractivity contribution in [3.8, 4) is 0 Å². The van der Waals surface area contributed by atoms with Crippen LogP contribution in [0, 0.1) is 5.92 Å². The van der Waals surface area contributed by atoms with E-state index in [-0.39, 0.29) is 17.9 Å². The number of furan rings is 1. The Hall–Kier alpha value is -2.56. The lowest BCUT2D eigenvalue weighted by molar-refractivity contribution is -0.136. The van der Waals surface area contributed by atoms with Crippen molar-refractivity contribution in [3.05, 3.63) is 60.1 Å². The quantitative estimate of drug-likeness (QED) is 0.834. The molecule has 0 spiro atoms. The monoisotopic (exact) mass is 366 g/mol. The summed E-state index contributed by atoms with van der Waals surface area (Å²) in [5.41, 5.74) is 1.37. The number of hydrogen-bond donors (Lipinski definition) is 0. The summed E-state index contributed by atoms with van der Waals surface area (Å²) in [4.78, 5) is 29.3. The van der Waals surface area contributed by atoms with Gasteiger partial charge in [-0.2, -0.15) is 0 Å². The van der Waals surface area contributed by atoms with Gasteiger partial charge in [-0.15, -0.1) is 0 Å². The summed E-state index contributed by atoms with van der Waals surface area (Å²) in [6, 6.07) is 13.6. The van der Waals surface area contributed by atoms with Crippen molar-refractivity contribution < 1.29 is 14.0 Å². The first kappa shape index (κ1) is 17.8. The van der Waals surface area contributed by atoms with Crippen LogP contribution in [0.15, 0.2) is 53.1 Å². The molecule has 0 radical (unpaired) electrons. The van der Waals surface area contributed by atoms with Gasteiger partial charge in [0.1, 0.15) is 6.04 Å². The average molecular weight is 366 g/mol. The summed E-state index contributed by atoms with van der Waals surface area (Å²) in [5.74, 6) is 0.873. The third kappa shape index (κ3) is 3.92. The fourth-order valence-electron chi connectivity index (χ4n) is 4.32. The number of carbonyl (C=O) groups excluding carboxylic acids is 2. The van der Waals surface area contributed by atoms with Gasteiger partial charge in [0.2, 0.25) is 5.91 Å². The normalized spacial score (nSPS) is 20.8. The van der Waals surface area contributed by atoms with Gasteiger partial charge in [-0.3, -0.25) is 9.59 Å². The van der Waals surface area contributed by atoms with Crippen LogP contribution in [0.1, 0.15) is 41.8 Å². The zero-order valence-corrected chi connectivity index (χ0v) is 15.5. The van der Waals surface area contributed by atoms with Gasteiger partial charge in [0.05, 0.1) is 6.26 Å². The second-order valence-electron chi connectivity index (χ2n) is 7.59. The molecular formula is C22H26N2O3. The van der Waals surface area contributed by atoms with Crippen LogP contribution in [-0.4, -0.2) is 47.3 Å². The van der Waals surface area contributed by atoms with E-state index in [0.717, 1.165) is 45.2 Å². The second-order valence-corrected chi connectivity index (χ2v) is 7.59. The van der Waals surface area contributed by atoms with E-state index in [2.05, 4.69) is 24.3 Å². The molecule has 1 aromatic heterocycles. The Morgan fingerprint density at radius 2 is 1.74 bits per heavy atom. The van der Waals surface area contributed by atoms with Gasteiger partial charge in [0, 0.05) is 19.6 Å². The van der Waals surface area contributed by atoms with Crippen LogP contribution in [0.5, 0.6) is 0 Å². The average Bonchev–Trinajstić information content (AvgIpc) is 3.40. The summed E-state index contributed by atoms with van der Waals surface area (Å²) < 4.78 is 5.24. The van der Waals surface area contributed by atoms with Crippen LogP contribution < -0.4 is 0 Å². The maximum Gasteiger partial charge on any atom is 0.290 e. The second kappa shape index (κ2) is 7.99. The fraction of sp³-hybridized carbons (Fsp3) is 0.455. The van der Waals surface area contributed by atoms with Gasteiger partial charge in [0.15, 0.2) is 5.76 Å². The SMILES string of the molecule is O=C(C1CCCN1C(=O)c1ccco1)N1CCC(Cc2ccccc2)CC1. The minimum absolute atomic E-state index is 0.102. The first-order valence-electron chi connectivity index (χ1n) is 9.89. The van der Waals surface area contributed by atoms with E-state index in [1.165, 1.54) is 11.8 Å². The fourth-order valence-corrected chi connectivity index (χ4v) is 4.32. The lowest BCUT2D eigenvalue weighted by atomic mass is 9.90. The Labute approximate surface area is 159 Å². The van der Waals surface area contributed by atoms with Crippen molar-refractivity contribution in [2.45, 2.75) is 38.1 Å². The van der Waals surface area contributed by atoms with E-state index in [4.69, 9.17) is 4.42 Å². The molecule has 2 fully saturated rings. The summed E-state index contributed by atoms with van der Waals surface area (Å²) >= 11 is 0. The van der Waals surface area contributed by atoms with Crippen LogP contribution in [0.25, 0.3) is 0 Å².